The van der Waals surface area contributed by atoms with Crippen LogP contribution in [0.3, 0.4) is 0 Å². The van der Waals surface area contributed by atoms with Crippen molar-refractivity contribution in [1.82, 2.24) is 19.6 Å². The maximum atomic E-state index is 14.0. The molecule has 0 spiro atoms. The lowest BCUT2D eigenvalue weighted by Gasteiger charge is -2.40. The molecule has 16 heteroatoms. The number of amides is 1. The van der Waals surface area contributed by atoms with Gasteiger partial charge in [0.25, 0.3) is 5.92 Å². The summed E-state index contributed by atoms with van der Waals surface area (Å²) < 4.78 is 99.1. The van der Waals surface area contributed by atoms with Gasteiger partial charge in [-0.25, -0.2) is 22.2 Å². The minimum absolute atomic E-state index is 0.0749. The van der Waals surface area contributed by atoms with Gasteiger partial charge >= 0.3 is 6.36 Å². The molecule has 9 nitrogen and oxygen atoms in total. The average Bonchev–Trinajstić information content (AvgIpc) is 3.02. The summed E-state index contributed by atoms with van der Waals surface area (Å²) in [6.45, 7) is 1.12. The third-order valence-electron chi connectivity index (χ3n) is 7.40. The zero-order valence-corrected chi connectivity index (χ0v) is 26.5. The number of fused-ring (bicyclic) bond motifs is 1. The minimum Gasteiger partial charge on any atom is -0.406 e. The minimum atomic E-state index is -4.96. The maximum Gasteiger partial charge on any atom is 0.573 e. The number of carbonyl (C=O) groups excluding carboxylic acids is 1. The molecule has 3 aromatic carbocycles. The van der Waals surface area contributed by atoms with Gasteiger partial charge in [0.15, 0.2) is 0 Å². The van der Waals surface area contributed by atoms with E-state index in [1.807, 2.05) is 6.07 Å². The topological polar surface area (TPSA) is 105 Å². The van der Waals surface area contributed by atoms with Crippen LogP contribution in [0.4, 0.5) is 27.8 Å². The first-order valence-corrected chi connectivity index (χ1v) is 16.2. The number of ether oxygens (including phenoxy) is 1. The lowest BCUT2D eigenvalue weighted by atomic mass is 10.0. The van der Waals surface area contributed by atoms with Crippen molar-refractivity contribution < 1.29 is 39.9 Å². The van der Waals surface area contributed by atoms with Crippen molar-refractivity contribution in [3.05, 3.63) is 88.5 Å². The van der Waals surface area contributed by atoms with Crippen LogP contribution in [-0.2, 0) is 27.3 Å². The third-order valence-corrected chi connectivity index (χ3v) is 9.82. The molecule has 0 radical (unpaired) electrons. The number of nitrogens with zero attached hydrogens (tertiary/aromatic N) is 4. The van der Waals surface area contributed by atoms with E-state index in [2.05, 4.69) is 36.0 Å². The second-order valence-corrected chi connectivity index (χ2v) is 13.2. The summed E-state index contributed by atoms with van der Waals surface area (Å²) in [4.78, 5) is 24.1. The van der Waals surface area contributed by atoms with Gasteiger partial charge in [0, 0.05) is 42.6 Å². The van der Waals surface area contributed by atoms with E-state index in [9.17, 15) is 35.2 Å². The van der Waals surface area contributed by atoms with Gasteiger partial charge in [0.05, 0.1) is 22.1 Å². The molecule has 1 atom stereocenters. The first-order chi connectivity index (χ1) is 21.7. The number of anilines is 1. The molecule has 1 aliphatic rings. The van der Waals surface area contributed by atoms with Crippen molar-refractivity contribution >= 4 is 48.7 Å². The van der Waals surface area contributed by atoms with E-state index in [1.54, 1.807) is 17.0 Å². The number of rotatable bonds is 9. The van der Waals surface area contributed by atoms with Crippen LogP contribution in [0.2, 0.25) is 0 Å². The zero-order valence-electron chi connectivity index (χ0n) is 24.1. The fourth-order valence-corrected chi connectivity index (χ4v) is 6.85. The number of alkyl halides is 5. The van der Waals surface area contributed by atoms with Crippen LogP contribution in [0.25, 0.3) is 11.0 Å². The Labute approximate surface area is 269 Å². The largest absolute Gasteiger partial charge is 0.573 e. The number of hydrogen-bond donors (Lipinski definition) is 1. The van der Waals surface area contributed by atoms with Gasteiger partial charge in [0.2, 0.25) is 15.9 Å². The van der Waals surface area contributed by atoms with Gasteiger partial charge in [-0.2, -0.15) is 4.31 Å². The molecule has 0 saturated carbocycles. The van der Waals surface area contributed by atoms with E-state index in [4.69, 9.17) is 0 Å². The van der Waals surface area contributed by atoms with Crippen LogP contribution in [0.5, 0.6) is 5.75 Å². The van der Waals surface area contributed by atoms with Crippen molar-refractivity contribution in [2.75, 3.05) is 24.5 Å². The number of sulfonamides is 1. The molecule has 0 unspecified atom stereocenters. The number of nitrogens with one attached hydrogen (secondary N) is 1. The van der Waals surface area contributed by atoms with Crippen LogP contribution < -0.4 is 15.0 Å². The Kier molecular flexibility index (Phi) is 9.52. The van der Waals surface area contributed by atoms with Crippen LogP contribution >= 0.6 is 15.9 Å². The third kappa shape index (κ3) is 7.56. The number of hydrogen-bond acceptors (Lipinski definition) is 7. The zero-order chi connectivity index (χ0) is 33.3. The molecule has 1 amide bonds. The number of halogens is 6. The Morgan fingerprint density at radius 1 is 1.00 bits per heavy atom. The molecule has 5 rings (SSSR count). The van der Waals surface area contributed by atoms with Crippen LogP contribution in [-0.4, -0.2) is 60.6 Å². The van der Waals surface area contributed by atoms with E-state index in [-0.39, 0.29) is 43.1 Å². The van der Waals surface area contributed by atoms with Gasteiger partial charge in [0.1, 0.15) is 17.6 Å². The molecular weight excluding hydrogens is 701 g/mol. The van der Waals surface area contributed by atoms with E-state index in [0.717, 1.165) is 33.0 Å². The van der Waals surface area contributed by atoms with Gasteiger partial charge < -0.3 is 15.0 Å². The van der Waals surface area contributed by atoms with Crippen molar-refractivity contribution in [3.63, 3.8) is 0 Å². The highest BCUT2D eigenvalue weighted by atomic mass is 79.9. The SMILES string of the molecule is CCC(F)(F)c1ccc(CNC(=O)[C@H]2CN(c3cnc4ccc(Br)cc4n3)CCN2S(=O)(=O)c2ccc(OC(F)(F)F)cc2)cc1. The van der Waals surface area contributed by atoms with Crippen LogP contribution in [0, 0.1) is 0 Å². The molecule has 1 saturated heterocycles. The van der Waals surface area contributed by atoms with Crippen molar-refractivity contribution in [2.45, 2.75) is 43.1 Å². The first kappa shape index (κ1) is 33.5. The molecule has 46 heavy (non-hydrogen) atoms. The Morgan fingerprint density at radius 3 is 2.35 bits per heavy atom. The summed E-state index contributed by atoms with van der Waals surface area (Å²) in [5, 5.41) is 2.69. The van der Waals surface area contributed by atoms with Crippen molar-refractivity contribution in [2.24, 2.45) is 0 Å². The summed E-state index contributed by atoms with van der Waals surface area (Å²) in [5.74, 6) is -3.87. The van der Waals surface area contributed by atoms with Gasteiger partial charge in [-0.1, -0.05) is 47.1 Å². The molecule has 4 aromatic rings. The Morgan fingerprint density at radius 2 is 1.70 bits per heavy atom. The van der Waals surface area contributed by atoms with E-state index in [1.165, 1.54) is 37.4 Å². The molecule has 0 bridgehead atoms. The average molecular weight is 729 g/mol. The Bertz CT molecular complexity index is 1830. The lowest BCUT2D eigenvalue weighted by Crippen LogP contribution is -2.60. The maximum absolute atomic E-state index is 14.0. The molecular formula is C30H27BrF5N5O4S. The standard InChI is InChI=1S/C30H27BrF5N5O4S/c1-2-29(32,33)20-5-3-19(4-6-20)16-38-28(42)26-18-40(27-17-37-24-12-7-21(31)15-25(24)39-27)13-14-41(26)46(43,44)23-10-8-22(9-11-23)45-30(34,35)36/h3-12,15,17,26H,2,13-14,16,18H2,1H3,(H,38,42)/t26-/m1/s1. The number of benzene rings is 3. The monoisotopic (exact) mass is 727 g/mol. The predicted molar refractivity (Wildman–Crippen MR) is 163 cm³/mol. The summed E-state index contributed by atoms with van der Waals surface area (Å²) in [7, 11) is -4.39. The molecule has 1 N–H and O–H groups in total. The quantitative estimate of drug-likeness (QED) is 0.211. The molecule has 1 aromatic heterocycles. The first-order valence-electron chi connectivity index (χ1n) is 14.0. The highest BCUT2D eigenvalue weighted by Crippen LogP contribution is 2.32. The molecule has 2 heterocycles. The summed E-state index contributed by atoms with van der Waals surface area (Å²) in [6, 6.07) is 13.2. The van der Waals surface area contributed by atoms with E-state index >= 15 is 0 Å². The lowest BCUT2D eigenvalue weighted by molar-refractivity contribution is -0.274. The Balaban J connectivity index is 1.41. The highest BCUT2D eigenvalue weighted by molar-refractivity contribution is 9.10. The smallest absolute Gasteiger partial charge is 0.406 e. The van der Waals surface area contributed by atoms with Gasteiger partial charge in [-0.3, -0.25) is 9.78 Å². The van der Waals surface area contributed by atoms with Crippen LogP contribution in [0.1, 0.15) is 24.5 Å². The normalized spacial score (nSPS) is 16.4. The molecule has 1 aliphatic heterocycles. The number of aromatic nitrogens is 2. The molecule has 0 aliphatic carbocycles. The van der Waals surface area contributed by atoms with Gasteiger partial charge in [-0.05, 0) is 48.0 Å². The Hall–Kier alpha value is -3.89. The van der Waals surface area contributed by atoms with Crippen molar-refractivity contribution in [3.8, 4) is 5.75 Å². The van der Waals surface area contributed by atoms with Gasteiger partial charge in [-0.15, -0.1) is 13.2 Å². The number of piperazine rings is 1. The summed E-state index contributed by atoms with van der Waals surface area (Å²) in [6.07, 6.45) is -3.82. The van der Waals surface area contributed by atoms with E-state index in [0.29, 0.717) is 22.4 Å². The fraction of sp³-hybridized carbons (Fsp3) is 0.300. The second-order valence-electron chi connectivity index (χ2n) is 10.4. The summed E-state index contributed by atoms with van der Waals surface area (Å²) >= 11 is 3.40. The summed E-state index contributed by atoms with van der Waals surface area (Å²) in [5.41, 5.74) is 1.54. The highest BCUT2D eigenvalue weighted by Gasteiger charge is 2.41. The predicted octanol–water partition coefficient (Wildman–Crippen LogP) is 5.99. The number of carbonyl (C=O) groups is 1. The second kappa shape index (κ2) is 13.1. The van der Waals surface area contributed by atoms with E-state index < -0.39 is 40.0 Å². The van der Waals surface area contributed by atoms with Crippen molar-refractivity contribution in [1.29, 1.82) is 0 Å². The fourth-order valence-electron chi connectivity index (χ4n) is 4.93. The van der Waals surface area contributed by atoms with Crippen LogP contribution in [0.15, 0.2) is 82.3 Å². The molecule has 1 fully saturated rings. The molecule has 244 valence electrons.